The predicted octanol–water partition coefficient (Wildman–Crippen LogP) is 3.41. The highest BCUT2D eigenvalue weighted by Gasteiger charge is 2.15. The first kappa shape index (κ1) is 17.8. The van der Waals surface area contributed by atoms with Gasteiger partial charge in [0.2, 0.25) is 0 Å². The first-order valence-corrected chi connectivity index (χ1v) is 9.13. The Balaban J connectivity index is 1.68. The Labute approximate surface area is 160 Å². The van der Waals surface area contributed by atoms with E-state index in [4.69, 9.17) is 17.0 Å². The molecule has 2 aromatic carbocycles. The zero-order valence-corrected chi connectivity index (χ0v) is 15.9. The van der Waals surface area contributed by atoms with E-state index in [1.165, 1.54) is 0 Å². The minimum Gasteiger partial charge on any atom is -0.378 e. The molecule has 25 heavy (non-hydrogen) atoms. The lowest BCUT2D eigenvalue weighted by Gasteiger charge is -2.30. The van der Waals surface area contributed by atoms with Crippen molar-refractivity contribution in [3.63, 3.8) is 0 Å². The first-order valence-electron chi connectivity index (χ1n) is 7.93. The minimum absolute atomic E-state index is 0.248. The molecule has 1 aliphatic rings. The molecule has 1 amide bonds. The number of halogens is 1. The lowest BCUT2D eigenvalue weighted by Crippen LogP contribution is -2.38. The van der Waals surface area contributed by atoms with Gasteiger partial charge in [0, 0.05) is 23.1 Å². The maximum Gasteiger partial charge on any atom is 0.257 e. The van der Waals surface area contributed by atoms with Gasteiger partial charge in [0.15, 0.2) is 5.11 Å². The van der Waals surface area contributed by atoms with Gasteiger partial charge in [-0.1, -0.05) is 34.1 Å². The van der Waals surface area contributed by atoms with E-state index in [1.807, 2.05) is 36.4 Å². The summed E-state index contributed by atoms with van der Waals surface area (Å²) in [5.74, 6) is -0.248. The van der Waals surface area contributed by atoms with Crippen molar-refractivity contribution < 1.29 is 9.53 Å². The van der Waals surface area contributed by atoms with E-state index in [-0.39, 0.29) is 11.0 Å². The standard InChI is InChI=1S/C18H18BrN3O2S/c19-14-5-3-4-13(12-14)17(23)21-18(25)20-15-6-1-2-7-16(15)22-8-10-24-11-9-22/h1-7,12H,8-11H2,(H2,20,21,23,25). The summed E-state index contributed by atoms with van der Waals surface area (Å²) in [7, 11) is 0. The van der Waals surface area contributed by atoms with Crippen LogP contribution in [0, 0.1) is 0 Å². The van der Waals surface area contributed by atoms with Crippen LogP contribution in [0.2, 0.25) is 0 Å². The van der Waals surface area contributed by atoms with Crippen molar-refractivity contribution >= 4 is 50.5 Å². The number of carbonyl (C=O) groups excluding carboxylic acids is 1. The summed E-state index contributed by atoms with van der Waals surface area (Å²) in [6, 6.07) is 15.1. The molecule has 3 rings (SSSR count). The molecular formula is C18H18BrN3O2S. The minimum atomic E-state index is -0.248. The second-order valence-electron chi connectivity index (χ2n) is 5.54. The van der Waals surface area contributed by atoms with E-state index in [2.05, 4.69) is 31.5 Å². The van der Waals surface area contributed by atoms with E-state index < -0.39 is 0 Å². The molecule has 7 heteroatoms. The molecule has 1 fully saturated rings. The van der Waals surface area contributed by atoms with Gasteiger partial charge >= 0.3 is 0 Å². The number of rotatable bonds is 3. The van der Waals surface area contributed by atoms with E-state index in [9.17, 15) is 4.79 Å². The third-order valence-corrected chi connectivity index (χ3v) is 4.52. The number of hydrogen-bond donors (Lipinski definition) is 2. The van der Waals surface area contributed by atoms with Crippen LogP contribution in [0.1, 0.15) is 10.4 Å². The topological polar surface area (TPSA) is 53.6 Å². The van der Waals surface area contributed by atoms with Crippen LogP contribution in [-0.4, -0.2) is 37.3 Å². The summed E-state index contributed by atoms with van der Waals surface area (Å²) in [6.07, 6.45) is 0. The van der Waals surface area contributed by atoms with E-state index in [0.29, 0.717) is 18.8 Å². The number of nitrogens with zero attached hydrogens (tertiary/aromatic N) is 1. The molecule has 0 aliphatic carbocycles. The highest BCUT2D eigenvalue weighted by Crippen LogP contribution is 2.26. The highest BCUT2D eigenvalue weighted by molar-refractivity contribution is 9.10. The SMILES string of the molecule is O=C(NC(=S)Nc1ccccc1N1CCOCC1)c1cccc(Br)c1. The number of ether oxygens (including phenoxy) is 1. The number of thiocarbonyl (C=S) groups is 1. The van der Waals surface area contributed by atoms with Crippen molar-refractivity contribution in [1.29, 1.82) is 0 Å². The summed E-state index contributed by atoms with van der Waals surface area (Å²) in [5.41, 5.74) is 2.45. The monoisotopic (exact) mass is 419 g/mol. The number of anilines is 2. The quantitative estimate of drug-likeness (QED) is 0.746. The van der Waals surface area contributed by atoms with E-state index in [0.717, 1.165) is 28.9 Å². The van der Waals surface area contributed by atoms with Crippen molar-refractivity contribution in [2.75, 3.05) is 36.5 Å². The number of morpholine rings is 1. The van der Waals surface area contributed by atoms with Gasteiger partial charge in [-0.2, -0.15) is 0 Å². The van der Waals surface area contributed by atoms with Crippen LogP contribution in [0.15, 0.2) is 53.0 Å². The Morgan fingerprint density at radius 3 is 2.64 bits per heavy atom. The number of nitrogens with one attached hydrogen (secondary N) is 2. The summed E-state index contributed by atoms with van der Waals surface area (Å²) in [5, 5.41) is 6.12. The summed E-state index contributed by atoms with van der Waals surface area (Å²) < 4.78 is 6.25. The second-order valence-corrected chi connectivity index (χ2v) is 6.86. The highest BCUT2D eigenvalue weighted by atomic mass is 79.9. The molecule has 5 nitrogen and oxygen atoms in total. The van der Waals surface area contributed by atoms with Gasteiger partial charge < -0.3 is 15.0 Å². The smallest absolute Gasteiger partial charge is 0.257 e. The van der Waals surface area contributed by atoms with E-state index in [1.54, 1.807) is 12.1 Å². The maximum atomic E-state index is 12.3. The molecule has 1 saturated heterocycles. The van der Waals surface area contributed by atoms with Gasteiger partial charge in [-0.15, -0.1) is 0 Å². The molecule has 0 saturated carbocycles. The summed E-state index contributed by atoms with van der Waals surface area (Å²) in [6.45, 7) is 3.07. The zero-order valence-electron chi connectivity index (χ0n) is 13.5. The largest absolute Gasteiger partial charge is 0.378 e. The average molecular weight is 420 g/mol. The van der Waals surface area contributed by atoms with Crippen molar-refractivity contribution in [2.45, 2.75) is 0 Å². The predicted molar refractivity (Wildman–Crippen MR) is 107 cm³/mol. The van der Waals surface area contributed by atoms with Crippen LogP contribution in [0.4, 0.5) is 11.4 Å². The third-order valence-electron chi connectivity index (χ3n) is 3.82. The molecule has 1 aliphatic heterocycles. The molecule has 130 valence electrons. The zero-order chi connectivity index (χ0) is 17.6. The maximum absolute atomic E-state index is 12.3. The fraction of sp³-hybridized carbons (Fsp3) is 0.222. The summed E-state index contributed by atoms with van der Waals surface area (Å²) in [4.78, 5) is 14.5. The molecule has 0 bridgehead atoms. The molecule has 0 radical (unpaired) electrons. The van der Waals surface area contributed by atoms with Crippen LogP contribution in [0.25, 0.3) is 0 Å². The lowest BCUT2D eigenvalue weighted by atomic mass is 10.2. The molecule has 1 heterocycles. The third kappa shape index (κ3) is 4.78. The van der Waals surface area contributed by atoms with Crippen LogP contribution >= 0.6 is 28.1 Å². The van der Waals surface area contributed by atoms with Crippen molar-refractivity contribution in [2.24, 2.45) is 0 Å². The number of benzene rings is 2. The number of amides is 1. The van der Waals surface area contributed by atoms with Crippen molar-refractivity contribution in [3.8, 4) is 0 Å². The fourth-order valence-corrected chi connectivity index (χ4v) is 3.22. The van der Waals surface area contributed by atoms with Crippen LogP contribution in [0.5, 0.6) is 0 Å². The molecular weight excluding hydrogens is 402 g/mol. The molecule has 0 atom stereocenters. The molecule has 0 aromatic heterocycles. The average Bonchev–Trinajstić information content (AvgIpc) is 2.63. The molecule has 2 aromatic rings. The second kappa shape index (κ2) is 8.42. The van der Waals surface area contributed by atoms with Gasteiger partial charge in [0.05, 0.1) is 24.6 Å². The number of carbonyl (C=O) groups is 1. The van der Waals surface area contributed by atoms with Gasteiger partial charge in [-0.3, -0.25) is 10.1 Å². The first-order chi connectivity index (χ1) is 12.1. The Kier molecular flexibility index (Phi) is 6.01. The van der Waals surface area contributed by atoms with Gasteiger partial charge in [0.1, 0.15) is 0 Å². The molecule has 2 N–H and O–H groups in total. The van der Waals surface area contributed by atoms with Crippen molar-refractivity contribution in [3.05, 3.63) is 58.6 Å². The van der Waals surface area contributed by atoms with Gasteiger partial charge in [0.25, 0.3) is 5.91 Å². The molecule has 0 spiro atoms. The Morgan fingerprint density at radius 2 is 1.88 bits per heavy atom. The summed E-state index contributed by atoms with van der Waals surface area (Å²) >= 11 is 8.67. The van der Waals surface area contributed by atoms with Gasteiger partial charge in [-0.25, -0.2) is 0 Å². The molecule has 0 unspecified atom stereocenters. The number of para-hydroxylation sites is 2. The fourth-order valence-electron chi connectivity index (χ4n) is 2.62. The number of hydrogen-bond acceptors (Lipinski definition) is 4. The Hall–Kier alpha value is -1.96. The normalized spacial score (nSPS) is 14.0. The van der Waals surface area contributed by atoms with E-state index >= 15 is 0 Å². The Bertz CT molecular complexity index is 778. The van der Waals surface area contributed by atoms with Crippen LogP contribution in [-0.2, 0) is 4.74 Å². The van der Waals surface area contributed by atoms with Crippen molar-refractivity contribution in [1.82, 2.24) is 5.32 Å². The van der Waals surface area contributed by atoms with Crippen LogP contribution in [0.3, 0.4) is 0 Å². The Morgan fingerprint density at radius 1 is 1.12 bits per heavy atom. The van der Waals surface area contributed by atoms with Gasteiger partial charge in [-0.05, 0) is 42.5 Å². The lowest BCUT2D eigenvalue weighted by molar-refractivity contribution is 0.0977. The van der Waals surface area contributed by atoms with Crippen LogP contribution < -0.4 is 15.5 Å².